The molecule has 0 unspecified atom stereocenters. The van der Waals surface area contributed by atoms with Crippen LogP contribution in [0.2, 0.25) is 5.02 Å². The number of halogens is 3. The van der Waals surface area contributed by atoms with E-state index < -0.39 is 17.2 Å². The summed E-state index contributed by atoms with van der Waals surface area (Å²) in [6.07, 6.45) is 1.63. The van der Waals surface area contributed by atoms with Gasteiger partial charge in [-0.2, -0.15) is 0 Å². The Morgan fingerprint density at radius 1 is 1.00 bits per heavy atom. The lowest BCUT2D eigenvalue weighted by Gasteiger charge is -2.18. The fourth-order valence-corrected chi connectivity index (χ4v) is 4.15. The first-order chi connectivity index (χ1) is 18.1. The fourth-order valence-electron chi connectivity index (χ4n) is 3.98. The Balaban J connectivity index is 1.48. The largest absolute Gasteiger partial charge is 0.325 e. The first kappa shape index (κ1) is 25.4. The van der Waals surface area contributed by atoms with Gasteiger partial charge < -0.3 is 16.4 Å². The number of carbonyl (C=O) groups excluding carboxylic acids is 1. The van der Waals surface area contributed by atoms with Crippen LogP contribution < -0.4 is 16.4 Å². The summed E-state index contributed by atoms with van der Waals surface area (Å²) in [6, 6.07) is 15.8. The van der Waals surface area contributed by atoms with Gasteiger partial charge in [-0.05, 0) is 62.4 Å². The lowest BCUT2D eigenvalue weighted by atomic mass is 9.95. The van der Waals surface area contributed by atoms with Gasteiger partial charge >= 0.3 is 0 Å². The third-order valence-corrected chi connectivity index (χ3v) is 6.18. The summed E-state index contributed by atoms with van der Waals surface area (Å²) >= 11 is 6.28. The number of carbonyl (C=O) groups is 1. The van der Waals surface area contributed by atoms with Crippen molar-refractivity contribution in [3.63, 3.8) is 0 Å². The Morgan fingerprint density at radius 2 is 1.68 bits per heavy atom. The van der Waals surface area contributed by atoms with E-state index in [1.807, 2.05) is 0 Å². The highest BCUT2D eigenvalue weighted by molar-refractivity contribution is 6.31. The molecule has 4 N–H and O–H groups in total. The number of amides is 1. The Morgan fingerprint density at radius 3 is 2.37 bits per heavy atom. The Hall–Kier alpha value is -4.21. The van der Waals surface area contributed by atoms with Crippen LogP contribution in [0.1, 0.15) is 30.5 Å². The zero-order valence-electron chi connectivity index (χ0n) is 20.5. The molecular formula is C28H23ClF2N6O. The second-order valence-electron chi connectivity index (χ2n) is 9.40. The van der Waals surface area contributed by atoms with E-state index in [1.54, 1.807) is 62.5 Å². The van der Waals surface area contributed by atoms with Gasteiger partial charge in [-0.15, -0.1) is 0 Å². The fraction of sp³-hybridized carbons (Fsp3) is 0.143. The maximum atomic E-state index is 14.7. The van der Waals surface area contributed by atoms with Gasteiger partial charge in [-0.1, -0.05) is 23.7 Å². The molecule has 1 aromatic heterocycles. The number of aromatic nitrogens is 2. The van der Waals surface area contributed by atoms with E-state index in [-0.39, 0.29) is 23.7 Å². The van der Waals surface area contributed by atoms with Crippen LogP contribution in [0.25, 0.3) is 11.3 Å². The molecule has 38 heavy (non-hydrogen) atoms. The van der Waals surface area contributed by atoms with Crippen molar-refractivity contribution in [1.29, 1.82) is 0 Å². The van der Waals surface area contributed by atoms with Gasteiger partial charge in [0.25, 0.3) is 0 Å². The molecule has 2 heterocycles. The maximum Gasteiger partial charge on any atom is 0.243 e. The number of aliphatic imine (C=N–C) groups is 1. The van der Waals surface area contributed by atoms with Crippen molar-refractivity contribution < 1.29 is 13.6 Å². The highest BCUT2D eigenvalue weighted by Gasteiger charge is 2.25. The van der Waals surface area contributed by atoms with Crippen molar-refractivity contribution in [2.45, 2.75) is 25.9 Å². The van der Waals surface area contributed by atoms with E-state index in [0.29, 0.717) is 44.7 Å². The molecule has 0 saturated carbocycles. The van der Waals surface area contributed by atoms with Crippen LogP contribution in [0.5, 0.6) is 0 Å². The number of anilines is 3. The first-order valence-corrected chi connectivity index (χ1v) is 12.1. The molecule has 1 amide bonds. The molecular weight excluding hydrogens is 510 g/mol. The number of nitrogens with zero attached hydrogens (tertiary/aromatic N) is 3. The smallest absolute Gasteiger partial charge is 0.243 e. The normalized spacial score (nSPS) is 12.6. The van der Waals surface area contributed by atoms with Crippen molar-refractivity contribution in [3.05, 3.63) is 100 Å². The van der Waals surface area contributed by atoms with Gasteiger partial charge in [0.2, 0.25) is 11.9 Å². The maximum absolute atomic E-state index is 14.7. The molecule has 0 bridgehead atoms. The minimum absolute atomic E-state index is 0.122. The van der Waals surface area contributed by atoms with Crippen molar-refractivity contribution >= 4 is 40.5 Å². The highest BCUT2D eigenvalue weighted by Crippen LogP contribution is 2.34. The number of nitrogens with one attached hydrogen (secondary N) is 2. The lowest BCUT2D eigenvalue weighted by molar-refractivity contribution is -0.120. The molecule has 3 aromatic carbocycles. The third-order valence-electron chi connectivity index (χ3n) is 5.95. The van der Waals surface area contributed by atoms with Crippen molar-refractivity contribution in [2.75, 3.05) is 10.6 Å². The van der Waals surface area contributed by atoms with Crippen LogP contribution in [-0.4, -0.2) is 27.1 Å². The average molecular weight is 533 g/mol. The number of benzene rings is 3. The summed E-state index contributed by atoms with van der Waals surface area (Å²) < 4.78 is 29.5. The van der Waals surface area contributed by atoms with Crippen molar-refractivity contribution in [3.8, 4) is 11.3 Å². The van der Waals surface area contributed by atoms with Crippen LogP contribution in [0.3, 0.4) is 0 Å². The molecule has 1 aliphatic rings. The van der Waals surface area contributed by atoms with E-state index in [0.717, 1.165) is 0 Å². The van der Waals surface area contributed by atoms with Crippen LogP contribution in [0.4, 0.5) is 26.1 Å². The summed E-state index contributed by atoms with van der Waals surface area (Å²) in [7, 11) is 0. The molecule has 192 valence electrons. The molecule has 0 fully saturated rings. The van der Waals surface area contributed by atoms with Gasteiger partial charge in [0.1, 0.15) is 11.6 Å². The minimum Gasteiger partial charge on any atom is -0.325 e. The van der Waals surface area contributed by atoms with E-state index in [2.05, 4.69) is 20.6 Å². The predicted octanol–water partition coefficient (Wildman–Crippen LogP) is 5.85. The molecule has 0 radical (unpaired) electrons. The number of nitrogens with two attached hydrogens (primary N) is 1. The van der Waals surface area contributed by atoms with Crippen LogP contribution >= 0.6 is 11.6 Å². The summed E-state index contributed by atoms with van der Waals surface area (Å²) in [6.45, 7) is 3.37. The second-order valence-corrected chi connectivity index (χ2v) is 9.83. The molecule has 0 atom stereocenters. The van der Waals surface area contributed by atoms with Crippen molar-refractivity contribution in [2.24, 2.45) is 10.7 Å². The zero-order chi connectivity index (χ0) is 27.0. The summed E-state index contributed by atoms with van der Waals surface area (Å²) in [5, 5.41) is 6.30. The van der Waals surface area contributed by atoms with E-state index in [4.69, 9.17) is 22.3 Å². The highest BCUT2D eigenvalue weighted by atomic mass is 35.5. The summed E-state index contributed by atoms with van der Waals surface area (Å²) in [5.41, 5.74) is 8.38. The standard InChI is InChI=1S/C28H23ClF2N6O/c1-28(2,32)26(38)35-17-7-9-18(10-8-17)36-27-34-14-15-13-33-25(23-21(30)4-3-5-22(23)31)20-12-16(29)6-11-19(20)24(15)37-27/h3-12,14H,13,32H2,1-2H3,(H,35,38)(H,34,36,37). The zero-order valence-corrected chi connectivity index (χ0v) is 21.3. The molecule has 0 spiro atoms. The first-order valence-electron chi connectivity index (χ1n) is 11.7. The number of rotatable bonds is 5. The number of fused-ring (bicyclic) bond motifs is 3. The summed E-state index contributed by atoms with van der Waals surface area (Å²) in [4.78, 5) is 25.8. The Labute approximate surface area is 222 Å². The Bertz CT molecular complexity index is 1560. The van der Waals surface area contributed by atoms with Crippen molar-refractivity contribution in [1.82, 2.24) is 9.97 Å². The number of hydrogen-bond acceptors (Lipinski definition) is 6. The van der Waals surface area contributed by atoms with Gasteiger partial charge in [0.05, 0.1) is 29.1 Å². The van der Waals surface area contributed by atoms with Gasteiger partial charge in [0.15, 0.2) is 0 Å². The molecule has 4 aromatic rings. The minimum atomic E-state index is -1.01. The van der Waals surface area contributed by atoms with E-state index in [1.165, 1.54) is 18.2 Å². The molecule has 7 nitrogen and oxygen atoms in total. The number of hydrogen-bond donors (Lipinski definition) is 3. The average Bonchev–Trinajstić information content (AvgIpc) is 3.01. The monoisotopic (exact) mass is 532 g/mol. The lowest BCUT2D eigenvalue weighted by Crippen LogP contribution is -2.45. The quantitative estimate of drug-likeness (QED) is 0.299. The molecule has 10 heteroatoms. The van der Waals surface area contributed by atoms with E-state index >= 15 is 0 Å². The predicted molar refractivity (Wildman–Crippen MR) is 145 cm³/mol. The van der Waals surface area contributed by atoms with Gasteiger partial charge in [-0.3, -0.25) is 9.79 Å². The second kappa shape index (κ2) is 9.92. The third kappa shape index (κ3) is 5.11. The molecule has 1 aliphatic heterocycles. The van der Waals surface area contributed by atoms with E-state index in [9.17, 15) is 13.6 Å². The van der Waals surface area contributed by atoms with Gasteiger partial charge in [-0.25, -0.2) is 18.7 Å². The van der Waals surface area contributed by atoms with Crippen LogP contribution in [-0.2, 0) is 11.3 Å². The summed E-state index contributed by atoms with van der Waals surface area (Å²) in [5.74, 6) is -1.43. The van der Waals surface area contributed by atoms with Gasteiger partial charge in [0, 0.05) is 39.3 Å². The van der Waals surface area contributed by atoms with Crippen LogP contribution in [0.15, 0.2) is 71.9 Å². The SMILES string of the molecule is CC(C)(N)C(=O)Nc1ccc(Nc2ncc3c(n2)-c2ccc(Cl)cc2C(c2c(F)cccc2F)=NC3)cc1. The topological polar surface area (TPSA) is 105 Å². The van der Waals surface area contributed by atoms with Crippen LogP contribution in [0, 0.1) is 11.6 Å². The molecule has 0 aliphatic carbocycles. The Kier molecular flexibility index (Phi) is 6.64. The molecule has 0 saturated heterocycles. The molecule has 5 rings (SSSR count).